The van der Waals surface area contributed by atoms with E-state index in [4.69, 9.17) is 14.2 Å². The van der Waals surface area contributed by atoms with Crippen molar-refractivity contribution in [2.24, 2.45) is 0 Å². The van der Waals surface area contributed by atoms with Gasteiger partial charge < -0.3 is 18.9 Å². The van der Waals surface area contributed by atoms with Gasteiger partial charge in [0.25, 0.3) is 11.3 Å². The number of rotatable bonds is 6. The lowest BCUT2D eigenvalue weighted by Crippen LogP contribution is -2.24. The first-order valence-corrected chi connectivity index (χ1v) is 8.28. The Morgan fingerprint density at radius 3 is 2.25 bits per heavy atom. The van der Waals surface area contributed by atoms with Gasteiger partial charge in [-0.25, -0.2) is 4.98 Å². The Labute approximate surface area is 160 Å². The molecule has 28 heavy (non-hydrogen) atoms. The molecule has 0 unspecified atom stereocenters. The highest BCUT2D eigenvalue weighted by atomic mass is 16.5. The molecule has 2 heterocycles. The van der Waals surface area contributed by atoms with Crippen molar-refractivity contribution in [2.75, 3.05) is 28.4 Å². The number of esters is 1. The molecule has 2 aromatic heterocycles. The number of nitrogens with zero attached hydrogens (tertiary/aromatic N) is 3. The molecule has 0 spiro atoms. The van der Waals surface area contributed by atoms with Crippen molar-refractivity contribution < 1.29 is 23.7 Å². The summed E-state index contributed by atoms with van der Waals surface area (Å²) in [7, 11) is 5.79. The summed E-state index contributed by atoms with van der Waals surface area (Å²) in [6, 6.07) is 3.40. The number of ether oxygens (including phenoxy) is 4. The van der Waals surface area contributed by atoms with Gasteiger partial charge in [-0.3, -0.25) is 14.7 Å². The van der Waals surface area contributed by atoms with Crippen LogP contribution >= 0.6 is 0 Å². The largest absolute Gasteiger partial charge is 0.493 e. The Bertz CT molecular complexity index is 1080. The summed E-state index contributed by atoms with van der Waals surface area (Å²) in [6.07, 6.45) is -0.171. The molecule has 1 N–H and O–H groups in total. The van der Waals surface area contributed by atoms with Crippen molar-refractivity contribution in [2.45, 2.75) is 13.3 Å². The van der Waals surface area contributed by atoms with Crippen molar-refractivity contribution in [1.82, 2.24) is 19.6 Å². The Kier molecular flexibility index (Phi) is 5.21. The minimum Gasteiger partial charge on any atom is -0.493 e. The van der Waals surface area contributed by atoms with E-state index in [-0.39, 0.29) is 17.8 Å². The van der Waals surface area contributed by atoms with Crippen LogP contribution in [0.1, 0.15) is 11.3 Å². The van der Waals surface area contributed by atoms with E-state index in [2.05, 4.69) is 19.8 Å². The molecule has 0 saturated heterocycles. The summed E-state index contributed by atoms with van der Waals surface area (Å²) in [6.45, 7) is 1.65. The summed E-state index contributed by atoms with van der Waals surface area (Å²) in [5.74, 6) is 1.36. The van der Waals surface area contributed by atoms with Gasteiger partial charge in [0.2, 0.25) is 5.75 Å². The highest BCUT2D eigenvalue weighted by Gasteiger charge is 2.19. The standard InChI is InChI=1S/C18H20N4O6/c1-9-11(8-14(23)27-4)17(24)22-18(19-9)20-16(21-22)10-6-12(25-2)15(28-5)13(7-10)26-3/h6-7H,8H2,1-5H3,(H,19,20,21). The summed E-state index contributed by atoms with van der Waals surface area (Å²) in [5, 5.41) is 2.91. The molecule has 0 fully saturated rings. The van der Waals surface area contributed by atoms with Crippen molar-refractivity contribution >= 4 is 11.7 Å². The van der Waals surface area contributed by atoms with Crippen LogP contribution in [0, 0.1) is 6.92 Å². The quantitative estimate of drug-likeness (QED) is 0.625. The SMILES string of the molecule is COC(=O)Cc1c(C)nc2nc(-c3cc(OC)c(OC)c(OC)c3)[nH]n2c1=O. The number of nitrogens with one attached hydrogen (secondary N) is 1. The molecule has 3 aromatic rings. The van der Waals surface area contributed by atoms with Gasteiger partial charge in [0.05, 0.1) is 46.1 Å². The van der Waals surface area contributed by atoms with Gasteiger partial charge in [0, 0.05) is 5.56 Å². The Morgan fingerprint density at radius 2 is 1.71 bits per heavy atom. The number of hydrogen-bond donors (Lipinski definition) is 1. The summed E-state index contributed by atoms with van der Waals surface area (Å²) in [5.41, 5.74) is 0.841. The number of aryl methyl sites for hydroxylation is 1. The van der Waals surface area contributed by atoms with Crippen LogP contribution < -0.4 is 19.8 Å². The van der Waals surface area contributed by atoms with Gasteiger partial charge in [-0.15, -0.1) is 0 Å². The molecule has 0 radical (unpaired) electrons. The maximum absolute atomic E-state index is 12.8. The molecule has 10 nitrogen and oxygen atoms in total. The third kappa shape index (κ3) is 3.24. The molecule has 0 saturated carbocycles. The molecular formula is C18H20N4O6. The van der Waals surface area contributed by atoms with Crippen LogP contribution in [0.15, 0.2) is 16.9 Å². The molecule has 10 heteroatoms. The Morgan fingerprint density at radius 1 is 1.07 bits per heavy atom. The number of methoxy groups -OCH3 is 4. The van der Waals surface area contributed by atoms with Gasteiger partial charge in [-0.1, -0.05) is 0 Å². The third-order valence-corrected chi connectivity index (χ3v) is 4.28. The molecule has 0 aliphatic heterocycles. The minimum atomic E-state index is -0.522. The number of carbonyl (C=O) groups excluding carboxylic acids is 1. The molecule has 0 atom stereocenters. The van der Waals surface area contributed by atoms with E-state index in [1.807, 2.05) is 0 Å². The molecule has 0 aliphatic rings. The van der Waals surface area contributed by atoms with E-state index >= 15 is 0 Å². The number of benzene rings is 1. The van der Waals surface area contributed by atoms with Crippen molar-refractivity contribution in [1.29, 1.82) is 0 Å². The maximum atomic E-state index is 12.8. The highest BCUT2D eigenvalue weighted by molar-refractivity contribution is 5.72. The predicted molar refractivity (Wildman–Crippen MR) is 99.2 cm³/mol. The van der Waals surface area contributed by atoms with Gasteiger partial charge in [0.15, 0.2) is 17.3 Å². The van der Waals surface area contributed by atoms with E-state index in [0.717, 1.165) is 0 Å². The summed E-state index contributed by atoms with van der Waals surface area (Å²) >= 11 is 0. The molecule has 1 aromatic carbocycles. The highest BCUT2D eigenvalue weighted by Crippen LogP contribution is 2.40. The topological polar surface area (TPSA) is 117 Å². The number of hydrogen-bond acceptors (Lipinski definition) is 8. The van der Waals surface area contributed by atoms with Crippen molar-refractivity contribution in [3.63, 3.8) is 0 Å². The zero-order chi connectivity index (χ0) is 20.4. The predicted octanol–water partition coefficient (Wildman–Crippen LogP) is 1.13. The average Bonchev–Trinajstić information content (AvgIpc) is 3.13. The van der Waals surface area contributed by atoms with Gasteiger partial charge in [-0.2, -0.15) is 9.50 Å². The number of aromatic amines is 1. The van der Waals surface area contributed by atoms with Crippen LogP contribution in [0.3, 0.4) is 0 Å². The second kappa shape index (κ2) is 7.59. The number of carbonyl (C=O) groups is 1. The molecular weight excluding hydrogens is 368 g/mol. The maximum Gasteiger partial charge on any atom is 0.310 e. The monoisotopic (exact) mass is 388 g/mol. The molecule has 0 amide bonds. The van der Waals surface area contributed by atoms with E-state index in [9.17, 15) is 9.59 Å². The van der Waals surface area contributed by atoms with Crippen LogP contribution in [0.25, 0.3) is 17.2 Å². The van der Waals surface area contributed by atoms with Crippen LogP contribution in [0.2, 0.25) is 0 Å². The summed E-state index contributed by atoms with van der Waals surface area (Å²) < 4.78 is 21.8. The van der Waals surface area contributed by atoms with Crippen LogP contribution in [-0.2, 0) is 16.0 Å². The fourth-order valence-corrected chi connectivity index (χ4v) is 2.82. The van der Waals surface area contributed by atoms with Crippen LogP contribution in [0.5, 0.6) is 17.2 Å². The fraction of sp³-hybridized carbons (Fsp3) is 0.333. The first-order chi connectivity index (χ1) is 13.4. The number of aromatic nitrogens is 4. The lowest BCUT2D eigenvalue weighted by atomic mass is 10.1. The lowest BCUT2D eigenvalue weighted by Gasteiger charge is -2.13. The third-order valence-electron chi connectivity index (χ3n) is 4.28. The number of H-pyrrole nitrogens is 1. The first-order valence-electron chi connectivity index (χ1n) is 8.28. The Balaban J connectivity index is 2.17. The van der Waals surface area contributed by atoms with E-state index in [1.165, 1.54) is 33.0 Å². The average molecular weight is 388 g/mol. The second-order valence-electron chi connectivity index (χ2n) is 5.86. The minimum absolute atomic E-state index is 0.171. The Hall–Kier alpha value is -3.56. The number of fused-ring (bicyclic) bond motifs is 1. The zero-order valence-corrected chi connectivity index (χ0v) is 16.2. The molecule has 3 rings (SSSR count). The van der Waals surface area contributed by atoms with E-state index in [0.29, 0.717) is 34.3 Å². The van der Waals surface area contributed by atoms with Crippen molar-refractivity contribution in [3.05, 3.63) is 33.7 Å². The second-order valence-corrected chi connectivity index (χ2v) is 5.86. The van der Waals surface area contributed by atoms with Crippen LogP contribution in [0.4, 0.5) is 0 Å². The molecule has 148 valence electrons. The zero-order valence-electron chi connectivity index (χ0n) is 16.2. The van der Waals surface area contributed by atoms with Crippen LogP contribution in [-0.4, -0.2) is 54.0 Å². The lowest BCUT2D eigenvalue weighted by molar-refractivity contribution is -0.139. The summed E-state index contributed by atoms with van der Waals surface area (Å²) in [4.78, 5) is 33.0. The van der Waals surface area contributed by atoms with E-state index in [1.54, 1.807) is 19.1 Å². The smallest absolute Gasteiger partial charge is 0.310 e. The van der Waals surface area contributed by atoms with Gasteiger partial charge >= 0.3 is 5.97 Å². The molecule has 0 aliphatic carbocycles. The van der Waals surface area contributed by atoms with Gasteiger partial charge in [-0.05, 0) is 19.1 Å². The molecule has 0 bridgehead atoms. The van der Waals surface area contributed by atoms with Gasteiger partial charge in [0.1, 0.15) is 0 Å². The normalized spacial score (nSPS) is 10.8. The first kappa shape index (κ1) is 19.2. The van der Waals surface area contributed by atoms with Crippen molar-refractivity contribution in [3.8, 4) is 28.6 Å². The fourth-order valence-electron chi connectivity index (χ4n) is 2.82. The van der Waals surface area contributed by atoms with E-state index < -0.39 is 11.5 Å².